The van der Waals surface area contributed by atoms with Crippen LogP contribution in [0.1, 0.15) is 76.6 Å². The Kier molecular flexibility index (Phi) is 9.57. The fourth-order valence-electron chi connectivity index (χ4n) is 2.76. The number of hydrogen-bond acceptors (Lipinski definition) is 4. The van der Waals surface area contributed by atoms with Gasteiger partial charge < -0.3 is 4.74 Å². The van der Waals surface area contributed by atoms with Crippen LogP contribution in [0.25, 0.3) is 10.6 Å². The molecular weight excluding hydrogens is 328 g/mol. The van der Waals surface area contributed by atoms with Crippen LogP contribution in [-0.2, 0) is 6.42 Å². The third kappa shape index (κ3) is 7.55. The number of benzene rings is 1. The lowest BCUT2D eigenvalue weighted by Gasteiger charge is -2.06. The molecule has 0 saturated heterocycles. The van der Waals surface area contributed by atoms with E-state index in [0.29, 0.717) is 0 Å². The van der Waals surface area contributed by atoms with E-state index in [0.717, 1.165) is 40.8 Å². The molecule has 0 aliphatic carbocycles. The number of nitrogens with zero attached hydrogens (tertiary/aromatic N) is 2. The zero-order valence-electron chi connectivity index (χ0n) is 15.8. The van der Waals surface area contributed by atoms with E-state index in [9.17, 15) is 0 Å². The van der Waals surface area contributed by atoms with Crippen molar-refractivity contribution in [2.75, 3.05) is 6.61 Å². The first-order valence-electron chi connectivity index (χ1n) is 9.89. The van der Waals surface area contributed by atoms with E-state index in [1.54, 1.807) is 11.3 Å². The Balaban J connectivity index is 1.72. The van der Waals surface area contributed by atoms with E-state index in [2.05, 4.69) is 36.2 Å². The van der Waals surface area contributed by atoms with Crippen molar-refractivity contribution in [3.8, 4) is 16.3 Å². The predicted octanol–water partition coefficient (Wildman–Crippen LogP) is 6.68. The smallest absolute Gasteiger partial charge is 0.147 e. The maximum atomic E-state index is 5.84. The molecule has 0 atom stereocenters. The van der Waals surface area contributed by atoms with Gasteiger partial charge in [-0.25, -0.2) is 0 Å². The highest BCUT2D eigenvalue weighted by molar-refractivity contribution is 7.14. The second kappa shape index (κ2) is 12.0. The number of rotatable bonds is 13. The lowest BCUT2D eigenvalue weighted by atomic mass is 10.1. The zero-order chi connectivity index (χ0) is 17.7. The number of aromatic nitrogens is 2. The van der Waals surface area contributed by atoms with Crippen LogP contribution in [0.15, 0.2) is 24.3 Å². The minimum atomic E-state index is 0.811. The molecule has 0 fully saturated rings. The molecule has 0 radical (unpaired) electrons. The average Bonchev–Trinajstić information content (AvgIpc) is 3.11. The first-order valence-corrected chi connectivity index (χ1v) is 10.7. The summed E-state index contributed by atoms with van der Waals surface area (Å²) in [5, 5.41) is 10.8. The topological polar surface area (TPSA) is 35.0 Å². The molecule has 0 spiro atoms. The highest BCUT2D eigenvalue weighted by atomic mass is 32.1. The maximum absolute atomic E-state index is 5.84. The monoisotopic (exact) mass is 360 g/mol. The van der Waals surface area contributed by atoms with Crippen molar-refractivity contribution in [3.63, 3.8) is 0 Å². The standard InChI is InChI=1S/C21H32N2OS/c1-3-5-7-8-9-11-17-24-19-15-13-18(14-16-19)21-23-22-20(25-21)12-10-6-4-2/h13-16H,3-12,17H2,1-2H3. The molecule has 1 aromatic carbocycles. The van der Waals surface area contributed by atoms with Gasteiger partial charge in [-0.1, -0.05) is 70.1 Å². The molecule has 0 bridgehead atoms. The van der Waals surface area contributed by atoms with E-state index >= 15 is 0 Å². The second-order valence-electron chi connectivity index (χ2n) is 6.60. The minimum Gasteiger partial charge on any atom is -0.494 e. The van der Waals surface area contributed by atoms with Crippen LogP contribution in [0.2, 0.25) is 0 Å². The summed E-state index contributed by atoms with van der Waals surface area (Å²) in [5.41, 5.74) is 1.13. The Labute approximate surface area is 156 Å². The summed E-state index contributed by atoms with van der Waals surface area (Å²) in [6.45, 7) is 5.29. The van der Waals surface area contributed by atoms with Crippen molar-refractivity contribution >= 4 is 11.3 Å². The molecule has 2 rings (SSSR count). The number of aryl methyl sites for hydroxylation is 1. The quantitative estimate of drug-likeness (QED) is 0.374. The Bertz CT molecular complexity index is 580. The van der Waals surface area contributed by atoms with Crippen molar-refractivity contribution in [2.24, 2.45) is 0 Å². The summed E-state index contributed by atoms with van der Waals surface area (Å²) in [5.74, 6) is 0.949. The van der Waals surface area contributed by atoms with Gasteiger partial charge in [0, 0.05) is 12.0 Å². The molecule has 1 heterocycles. The summed E-state index contributed by atoms with van der Waals surface area (Å²) < 4.78 is 5.84. The molecule has 0 aliphatic heterocycles. The number of ether oxygens (including phenoxy) is 1. The first kappa shape index (κ1) is 19.9. The summed E-state index contributed by atoms with van der Waals surface area (Å²) in [6.07, 6.45) is 12.5. The van der Waals surface area contributed by atoms with E-state index < -0.39 is 0 Å². The SMILES string of the molecule is CCCCCCCCOc1ccc(-c2nnc(CCCCC)s2)cc1. The predicted molar refractivity (Wildman–Crippen MR) is 107 cm³/mol. The van der Waals surface area contributed by atoms with Gasteiger partial charge in [-0.2, -0.15) is 0 Å². The molecule has 0 aliphatic rings. The summed E-state index contributed by atoms with van der Waals surface area (Å²) in [4.78, 5) is 0. The average molecular weight is 361 g/mol. The van der Waals surface area contributed by atoms with Crippen LogP contribution in [0.4, 0.5) is 0 Å². The normalized spacial score (nSPS) is 11.0. The molecular formula is C21H32N2OS. The van der Waals surface area contributed by atoms with Crippen molar-refractivity contribution in [1.82, 2.24) is 10.2 Å². The summed E-state index contributed by atoms with van der Waals surface area (Å²) in [7, 11) is 0. The van der Waals surface area contributed by atoms with Gasteiger partial charge in [0.1, 0.15) is 15.8 Å². The molecule has 0 N–H and O–H groups in total. The lowest BCUT2D eigenvalue weighted by Crippen LogP contribution is -1.97. The van der Waals surface area contributed by atoms with E-state index in [-0.39, 0.29) is 0 Å². The third-order valence-corrected chi connectivity index (χ3v) is 5.36. The van der Waals surface area contributed by atoms with Crippen molar-refractivity contribution < 1.29 is 4.74 Å². The van der Waals surface area contributed by atoms with Gasteiger partial charge in [0.05, 0.1) is 6.61 Å². The molecule has 1 aromatic heterocycles. The fraction of sp³-hybridized carbons (Fsp3) is 0.619. The van der Waals surface area contributed by atoms with Gasteiger partial charge >= 0.3 is 0 Å². The van der Waals surface area contributed by atoms with Gasteiger partial charge in [-0.3, -0.25) is 0 Å². The van der Waals surface area contributed by atoms with Gasteiger partial charge in [0.25, 0.3) is 0 Å². The Hall–Kier alpha value is -1.42. The van der Waals surface area contributed by atoms with Crippen LogP contribution in [0.5, 0.6) is 5.75 Å². The lowest BCUT2D eigenvalue weighted by molar-refractivity contribution is 0.304. The number of unbranched alkanes of at least 4 members (excludes halogenated alkanes) is 7. The van der Waals surface area contributed by atoms with E-state index in [1.807, 2.05) is 12.1 Å². The van der Waals surface area contributed by atoms with Crippen LogP contribution < -0.4 is 4.74 Å². The van der Waals surface area contributed by atoms with Crippen LogP contribution in [-0.4, -0.2) is 16.8 Å². The summed E-state index contributed by atoms with van der Waals surface area (Å²) in [6, 6.07) is 8.27. The van der Waals surface area contributed by atoms with Gasteiger partial charge in [-0.15, -0.1) is 10.2 Å². The zero-order valence-corrected chi connectivity index (χ0v) is 16.6. The molecule has 138 valence electrons. The van der Waals surface area contributed by atoms with Crippen molar-refractivity contribution in [1.29, 1.82) is 0 Å². The molecule has 25 heavy (non-hydrogen) atoms. The van der Waals surface area contributed by atoms with Gasteiger partial charge in [-0.05, 0) is 37.1 Å². The Morgan fingerprint density at radius 1 is 0.800 bits per heavy atom. The van der Waals surface area contributed by atoms with Gasteiger partial charge in [0.15, 0.2) is 0 Å². The molecule has 4 heteroatoms. The van der Waals surface area contributed by atoms with Crippen LogP contribution >= 0.6 is 11.3 Å². The first-order chi connectivity index (χ1) is 12.3. The molecule has 0 amide bonds. The molecule has 3 nitrogen and oxygen atoms in total. The molecule has 0 saturated carbocycles. The third-order valence-electron chi connectivity index (χ3n) is 4.33. The minimum absolute atomic E-state index is 0.811. The molecule has 0 unspecified atom stereocenters. The largest absolute Gasteiger partial charge is 0.494 e. The highest BCUT2D eigenvalue weighted by Crippen LogP contribution is 2.26. The summed E-state index contributed by atoms with van der Waals surface area (Å²) >= 11 is 1.71. The van der Waals surface area contributed by atoms with Crippen LogP contribution in [0.3, 0.4) is 0 Å². The highest BCUT2D eigenvalue weighted by Gasteiger charge is 2.07. The maximum Gasteiger partial charge on any atom is 0.147 e. The van der Waals surface area contributed by atoms with Crippen molar-refractivity contribution in [3.05, 3.63) is 29.3 Å². The Morgan fingerprint density at radius 3 is 2.24 bits per heavy atom. The Morgan fingerprint density at radius 2 is 1.48 bits per heavy atom. The van der Waals surface area contributed by atoms with Crippen molar-refractivity contribution in [2.45, 2.75) is 78.1 Å². The van der Waals surface area contributed by atoms with Gasteiger partial charge in [0.2, 0.25) is 0 Å². The fourth-order valence-corrected chi connectivity index (χ4v) is 3.65. The van der Waals surface area contributed by atoms with E-state index in [4.69, 9.17) is 4.74 Å². The van der Waals surface area contributed by atoms with Crippen LogP contribution in [0, 0.1) is 0 Å². The second-order valence-corrected chi connectivity index (χ2v) is 7.66. The molecule has 2 aromatic rings. The van der Waals surface area contributed by atoms with E-state index in [1.165, 1.54) is 51.4 Å². The number of hydrogen-bond donors (Lipinski definition) is 0.